The number of ether oxygens (including phenoxy) is 1. The van der Waals surface area contributed by atoms with Crippen molar-refractivity contribution in [3.8, 4) is 5.75 Å². The van der Waals surface area contributed by atoms with Crippen LogP contribution in [-0.2, 0) is 6.61 Å². The Hall–Kier alpha value is -0.750. The van der Waals surface area contributed by atoms with Crippen LogP contribution in [0.1, 0.15) is 5.01 Å². The summed E-state index contributed by atoms with van der Waals surface area (Å²) in [5.74, 6) is 0.393. The minimum atomic E-state index is 0.250. The summed E-state index contributed by atoms with van der Waals surface area (Å²) in [4.78, 5) is 0. The highest BCUT2D eigenvalue weighted by molar-refractivity contribution is 7.15. The number of benzene rings is 1. The van der Waals surface area contributed by atoms with Gasteiger partial charge in [0.15, 0.2) is 10.8 Å². The van der Waals surface area contributed by atoms with Gasteiger partial charge in [-0.25, -0.2) is 0 Å². The lowest BCUT2D eigenvalue weighted by Crippen LogP contribution is -1.96. The normalized spacial score (nSPS) is 10.4. The number of nitrogens with zero attached hydrogens (tertiary/aromatic N) is 2. The Morgan fingerprint density at radius 3 is 2.44 bits per heavy atom. The van der Waals surface area contributed by atoms with E-state index in [1.165, 1.54) is 11.3 Å². The standard InChI is InChI=1S/C10H8Cl3N3OS/c1-14-10-16-15-8(18-10)4-17-9-6(12)2-5(11)3-7(9)13/h2-3H,4H2,1H3,(H,14,16). The Bertz CT molecular complexity index is 538. The highest BCUT2D eigenvalue weighted by Crippen LogP contribution is 2.36. The molecule has 0 fully saturated rings. The number of hydrogen-bond donors (Lipinski definition) is 1. The van der Waals surface area contributed by atoms with Crippen molar-refractivity contribution in [3.05, 3.63) is 32.2 Å². The van der Waals surface area contributed by atoms with Gasteiger partial charge in [0.25, 0.3) is 0 Å². The first-order chi connectivity index (χ1) is 8.60. The average molecular weight is 325 g/mol. The molecular weight excluding hydrogens is 317 g/mol. The monoisotopic (exact) mass is 323 g/mol. The van der Waals surface area contributed by atoms with Gasteiger partial charge < -0.3 is 10.1 Å². The Morgan fingerprint density at radius 1 is 1.22 bits per heavy atom. The molecule has 1 aromatic heterocycles. The third kappa shape index (κ3) is 3.17. The first-order valence-corrected chi connectivity index (χ1v) is 6.82. The van der Waals surface area contributed by atoms with Crippen molar-refractivity contribution in [3.63, 3.8) is 0 Å². The van der Waals surface area contributed by atoms with Crippen molar-refractivity contribution in [1.29, 1.82) is 0 Å². The third-order valence-electron chi connectivity index (χ3n) is 1.98. The van der Waals surface area contributed by atoms with Crippen LogP contribution in [0.15, 0.2) is 12.1 Å². The van der Waals surface area contributed by atoms with E-state index in [9.17, 15) is 0 Å². The molecule has 1 aromatic carbocycles. The number of anilines is 1. The summed E-state index contributed by atoms with van der Waals surface area (Å²) >= 11 is 19.2. The van der Waals surface area contributed by atoms with Gasteiger partial charge in [-0.2, -0.15) is 0 Å². The van der Waals surface area contributed by atoms with Crippen molar-refractivity contribution >= 4 is 51.3 Å². The van der Waals surface area contributed by atoms with E-state index >= 15 is 0 Å². The molecule has 0 aliphatic rings. The fourth-order valence-corrected chi connectivity index (χ4v) is 2.75. The first kappa shape index (κ1) is 13.7. The van der Waals surface area contributed by atoms with Gasteiger partial charge in [-0.15, -0.1) is 10.2 Å². The molecule has 8 heteroatoms. The second-order valence-electron chi connectivity index (χ2n) is 3.24. The van der Waals surface area contributed by atoms with Crippen LogP contribution in [0.5, 0.6) is 5.75 Å². The predicted octanol–water partition coefficient (Wildman–Crippen LogP) is 4.12. The van der Waals surface area contributed by atoms with E-state index in [1.54, 1.807) is 19.2 Å². The number of nitrogens with one attached hydrogen (secondary N) is 1. The molecule has 0 amide bonds. The second-order valence-corrected chi connectivity index (χ2v) is 5.55. The highest BCUT2D eigenvalue weighted by atomic mass is 35.5. The molecule has 18 heavy (non-hydrogen) atoms. The van der Waals surface area contributed by atoms with Crippen LogP contribution in [-0.4, -0.2) is 17.2 Å². The zero-order valence-corrected chi connectivity index (χ0v) is 12.3. The summed E-state index contributed by atoms with van der Waals surface area (Å²) in [7, 11) is 1.78. The van der Waals surface area contributed by atoms with Gasteiger partial charge in [0.2, 0.25) is 5.13 Å². The van der Waals surface area contributed by atoms with Gasteiger partial charge in [0.1, 0.15) is 6.61 Å². The SMILES string of the molecule is CNc1nnc(COc2c(Cl)cc(Cl)cc2Cl)s1. The van der Waals surface area contributed by atoms with E-state index in [0.29, 0.717) is 20.8 Å². The molecule has 0 bridgehead atoms. The van der Waals surface area contributed by atoms with Gasteiger partial charge in [-0.1, -0.05) is 46.1 Å². The summed E-state index contributed by atoms with van der Waals surface area (Å²) in [6.07, 6.45) is 0. The van der Waals surface area contributed by atoms with E-state index < -0.39 is 0 Å². The topological polar surface area (TPSA) is 47.0 Å². The number of halogens is 3. The van der Waals surface area contributed by atoms with Crippen LogP contribution in [0.3, 0.4) is 0 Å². The quantitative estimate of drug-likeness (QED) is 0.919. The average Bonchev–Trinajstić information content (AvgIpc) is 2.75. The molecule has 96 valence electrons. The zero-order chi connectivity index (χ0) is 13.1. The predicted molar refractivity (Wildman–Crippen MR) is 75.3 cm³/mol. The Morgan fingerprint density at radius 2 is 1.89 bits per heavy atom. The van der Waals surface area contributed by atoms with Crippen LogP contribution >= 0.6 is 46.1 Å². The van der Waals surface area contributed by atoms with Crippen molar-refractivity contribution < 1.29 is 4.74 Å². The molecule has 0 atom stereocenters. The molecule has 0 saturated carbocycles. The summed E-state index contributed by atoms with van der Waals surface area (Å²) in [5, 5.41) is 13.4. The Kier molecular flexibility index (Phi) is 4.50. The smallest absolute Gasteiger partial charge is 0.205 e. The fourth-order valence-electron chi connectivity index (χ4n) is 1.21. The molecule has 2 aromatic rings. The Labute approximate surface area is 123 Å². The lowest BCUT2D eigenvalue weighted by Gasteiger charge is -2.08. The first-order valence-electron chi connectivity index (χ1n) is 4.87. The highest BCUT2D eigenvalue weighted by Gasteiger charge is 2.11. The molecule has 4 nitrogen and oxygen atoms in total. The van der Waals surface area contributed by atoms with Gasteiger partial charge in [0.05, 0.1) is 10.0 Å². The maximum atomic E-state index is 5.99. The fraction of sp³-hybridized carbons (Fsp3) is 0.200. The van der Waals surface area contributed by atoms with Gasteiger partial charge >= 0.3 is 0 Å². The molecule has 1 heterocycles. The molecule has 0 unspecified atom stereocenters. The van der Waals surface area contributed by atoms with Gasteiger partial charge in [-0.05, 0) is 12.1 Å². The number of hydrogen-bond acceptors (Lipinski definition) is 5. The minimum Gasteiger partial charge on any atom is -0.483 e. The van der Waals surface area contributed by atoms with E-state index in [0.717, 1.165) is 10.1 Å². The summed E-state index contributed by atoms with van der Waals surface area (Å²) in [5.41, 5.74) is 0. The molecular formula is C10H8Cl3N3OS. The van der Waals surface area contributed by atoms with Crippen molar-refractivity contribution in [2.45, 2.75) is 6.61 Å². The van der Waals surface area contributed by atoms with Crippen molar-refractivity contribution in [2.24, 2.45) is 0 Å². The maximum Gasteiger partial charge on any atom is 0.205 e. The van der Waals surface area contributed by atoms with E-state index in [4.69, 9.17) is 39.5 Å². The molecule has 0 aliphatic heterocycles. The number of rotatable bonds is 4. The second kappa shape index (κ2) is 5.93. The van der Waals surface area contributed by atoms with Gasteiger partial charge in [-0.3, -0.25) is 0 Å². The Balaban J connectivity index is 2.10. The van der Waals surface area contributed by atoms with Crippen molar-refractivity contribution in [1.82, 2.24) is 10.2 Å². The largest absolute Gasteiger partial charge is 0.483 e. The number of aromatic nitrogens is 2. The summed E-state index contributed by atoms with van der Waals surface area (Å²) in [6.45, 7) is 0.250. The molecule has 0 spiro atoms. The summed E-state index contributed by atoms with van der Waals surface area (Å²) < 4.78 is 5.52. The molecule has 0 saturated heterocycles. The lowest BCUT2D eigenvalue weighted by atomic mass is 10.3. The zero-order valence-electron chi connectivity index (χ0n) is 9.21. The van der Waals surface area contributed by atoms with Crippen molar-refractivity contribution in [2.75, 3.05) is 12.4 Å². The lowest BCUT2D eigenvalue weighted by molar-refractivity contribution is 0.305. The van der Waals surface area contributed by atoms with Crippen LogP contribution < -0.4 is 10.1 Å². The van der Waals surface area contributed by atoms with Gasteiger partial charge in [0, 0.05) is 12.1 Å². The third-order valence-corrected chi connectivity index (χ3v) is 3.68. The molecule has 0 radical (unpaired) electrons. The van der Waals surface area contributed by atoms with E-state index in [1.807, 2.05) is 0 Å². The van der Waals surface area contributed by atoms with Crippen LogP contribution in [0.25, 0.3) is 0 Å². The maximum absolute atomic E-state index is 5.99. The van der Waals surface area contributed by atoms with Crippen LogP contribution in [0.4, 0.5) is 5.13 Å². The molecule has 2 rings (SSSR count). The minimum absolute atomic E-state index is 0.250. The molecule has 1 N–H and O–H groups in total. The summed E-state index contributed by atoms with van der Waals surface area (Å²) in [6, 6.07) is 3.15. The molecule has 0 aliphatic carbocycles. The van der Waals surface area contributed by atoms with E-state index in [2.05, 4.69) is 15.5 Å². The van der Waals surface area contributed by atoms with E-state index in [-0.39, 0.29) is 6.61 Å². The van der Waals surface area contributed by atoms with Crippen LogP contribution in [0.2, 0.25) is 15.1 Å². The van der Waals surface area contributed by atoms with Crippen LogP contribution in [0, 0.1) is 0 Å².